The number of benzene rings is 2. The number of hydrogen-bond acceptors (Lipinski definition) is 2. The fourth-order valence-electron chi connectivity index (χ4n) is 3.35. The lowest BCUT2D eigenvalue weighted by Gasteiger charge is -2.33. The second kappa shape index (κ2) is 7.64. The Morgan fingerprint density at radius 3 is 2.73 bits per heavy atom. The summed E-state index contributed by atoms with van der Waals surface area (Å²) in [6.45, 7) is 1.00. The van der Waals surface area contributed by atoms with Crippen LogP contribution >= 0.6 is 0 Å². The monoisotopic (exact) mass is 359 g/mol. The molecule has 1 heterocycles. The molecule has 0 spiro atoms. The molecule has 1 N–H and O–H groups in total. The van der Waals surface area contributed by atoms with Crippen LogP contribution in [0, 0.1) is 11.6 Å². The van der Waals surface area contributed by atoms with Crippen LogP contribution in [0.2, 0.25) is 0 Å². The Morgan fingerprint density at radius 2 is 1.96 bits per heavy atom. The van der Waals surface area contributed by atoms with Gasteiger partial charge in [0, 0.05) is 24.6 Å². The Kier molecular flexibility index (Phi) is 5.30. The second-order valence-electron chi connectivity index (χ2n) is 6.52. The number of likely N-dealkylation sites (tertiary alicyclic amines) is 1. The molecule has 0 aromatic heterocycles. The van der Waals surface area contributed by atoms with E-state index in [9.17, 15) is 18.4 Å². The molecular formula is C20H19F2NO3. The molecule has 1 saturated heterocycles. The van der Waals surface area contributed by atoms with Crippen LogP contribution in [-0.4, -0.2) is 35.0 Å². The molecule has 0 radical (unpaired) electrons. The van der Waals surface area contributed by atoms with Gasteiger partial charge in [0.1, 0.15) is 11.6 Å². The summed E-state index contributed by atoms with van der Waals surface area (Å²) in [6, 6.07) is 9.81. The van der Waals surface area contributed by atoms with E-state index in [1.165, 1.54) is 6.07 Å². The molecule has 0 bridgehead atoms. The average Bonchev–Trinajstić information content (AvgIpc) is 2.65. The van der Waals surface area contributed by atoms with E-state index in [0.717, 1.165) is 36.6 Å². The predicted molar refractivity (Wildman–Crippen MR) is 92.0 cm³/mol. The van der Waals surface area contributed by atoms with Crippen molar-refractivity contribution in [1.29, 1.82) is 0 Å². The molecule has 6 heteroatoms. The lowest BCUT2D eigenvalue weighted by Crippen LogP contribution is -2.40. The smallest absolute Gasteiger partial charge is 0.335 e. The molecule has 136 valence electrons. The zero-order valence-electron chi connectivity index (χ0n) is 14.1. The minimum absolute atomic E-state index is 0.0318. The number of carboxylic acids is 1. The number of carbonyl (C=O) groups excluding carboxylic acids is 1. The molecule has 4 nitrogen and oxygen atoms in total. The first-order valence-corrected chi connectivity index (χ1v) is 8.49. The highest BCUT2D eigenvalue weighted by Gasteiger charge is 2.25. The first-order valence-electron chi connectivity index (χ1n) is 8.49. The van der Waals surface area contributed by atoms with Crippen molar-refractivity contribution >= 4 is 11.9 Å². The Hall–Kier alpha value is -2.76. The Labute approximate surface area is 150 Å². The van der Waals surface area contributed by atoms with E-state index in [0.29, 0.717) is 13.1 Å². The van der Waals surface area contributed by atoms with E-state index in [4.69, 9.17) is 5.11 Å². The van der Waals surface area contributed by atoms with Gasteiger partial charge in [0.25, 0.3) is 0 Å². The van der Waals surface area contributed by atoms with Gasteiger partial charge in [-0.3, -0.25) is 4.79 Å². The lowest BCUT2D eigenvalue weighted by molar-refractivity contribution is -0.131. The highest BCUT2D eigenvalue weighted by Crippen LogP contribution is 2.28. The molecule has 1 aliphatic heterocycles. The second-order valence-corrected chi connectivity index (χ2v) is 6.52. The summed E-state index contributed by atoms with van der Waals surface area (Å²) in [4.78, 5) is 25.3. The number of aromatic carboxylic acids is 1. The Morgan fingerprint density at radius 1 is 1.15 bits per heavy atom. The number of carbonyl (C=O) groups is 2. The van der Waals surface area contributed by atoms with E-state index in [-0.39, 0.29) is 29.4 Å². The minimum atomic E-state index is -0.989. The fourth-order valence-corrected chi connectivity index (χ4v) is 3.35. The van der Waals surface area contributed by atoms with Crippen LogP contribution in [-0.2, 0) is 11.2 Å². The van der Waals surface area contributed by atoms with Crippen LogP contribution < -0.4 is 0 Å². The standard InChI is InChI=1S/C20H19F2NO3/c21-17-6-7-18(22)16(10-17)11-19(24)23-8-2-5-15(12-23)13-3-1-4-14(9-13)20(25)26/h1,3-4,6-7,9-10,15H,2,5,8,11-12H2,(H,25,26). The highest BCUT2D eigenvalue weighted by atomic mass is 19.1. The van der Waals surface area contributed by atoms with Gasteiger partial charge < -0.3 is 10.0 Å². The maximum atomic E-state index is 13.8. The van der Waals surface area contributed by atoms with Crippen LogP contribution in [0.25, 0.3) is 0 Å². The molecule has 3 rings (SSSR count). The summed E-state index contributed by atoms with van der Waals surface area (Å²) < 4.78 is 27.1. The summed E-state index contributed by atoms with van der Waals surface area (Å²) >= 11 is 0. The molecule has 1 aliphatic rings. The molecule has 26 heavy (non-hydrogen) atoms. The molecular weight excluding hydrogens is 340 g/mol. The van der Waals surface area contributed by atoms with E-state index < -0.39 is 17.6 Å². The molecule has 0 saturated carbocycles. The highest BCUT2D eigenvalue weighted by molar-refractivity contribution is 5.87. The van der Waals surface area contributed by atoms with Crippen molar-refractivity contribution in [2.75, 3.05) is 13.1 Å². The zero-order chi connectivity index (χ0) is 18.7. The topological polar surface area (TPSA) is 57.6 Å². The molecule has 1 fully saturated rings. The van der Waals surface area contributed by atoms with Crippen molar-refractivity contribution in [3.05, 3.63) is 70.8 Å². The summed E-state index contributed by atoms with van der Waals surface area (Å²) in [5.74, 6) is -2.38. The Bertz CT molecular complexity index is 838. The zero-order valence-corrected chi connectivity index (χ0v) is 14.1. The van der Waals surface area contributed by atoms with Gasteiger partial charge in [-0.1, -0.05) is 12.1 Å². The third-order valence-corrected chi connectivity index (χ3v) is 4.73. The molecule has 1 unspecified atom stereocenters. The van der Waals surface area contributed by atoms with Gasteiger partial charge in [-0.15, -0.1) is 0 Å². The molecule has 2 aromatic rings. The van der Waals surface area contributed by atoms with Crippen LogP contribution in [0.1, 0.15) is 40.2 Å². The van der Waals surface area contributed by atoms with E-state index in [1.807, 2.05) is 6.07 Å². The van der Waals surface area contributed by atoms with Crippen LogP contribution in [0.4, 0.5) is 8.78 Å². The summed E-state index contributed by atoms with van der Waals surface area (Å²) in [6.07, 6.45) is 1.44. The number of halogens is 2. The van der Waals surface area contributed by atoms with Crippen molar-refractivity contribution in [2.45, 2.75) is 25.2 Å². The molecule has 0 aliphatic carbocycles. The fraction of sp³-hybridized carbons (Fsp3) is 0.300. The number of rotatable bonds is 4. The quantitative estimate of drug-likeness (QED) is 0.907. The average molecular weight is 359 g/mol. The van der Waals surface area contributed by atoms with Gasteiger partial charge in [-0.05, 0) is 48.7 Å². The first kappa shape index (κ1) is 18.0. The van der Waals surface area contributed by atoms with Gasteiger partial charge in [-0.25, -0.2) is 13.6 Å². The van der Waals surface area contributed by atoms with Gasteiger partial charge in [0.15, 0.2) is 0 Å². The lowest BCUT2D eigenvalue weighted by atomic mass is 9.89. The summed E-state index contributed by atoms with van der Waals surface area (Å²) in [7, 11) is 0. The van der Waals surface area contributed by atoms with Crippen molar-refractivity contribution in [3.63, 3.8) is 0 Å². The summed E-state index contributed by atoms with van der Waals surface area (Å²) in [5.41, 5.74) is 1.14. The number of carboxylic acid groups (broad SMARTS) is 1. The normalized spacial score (nSPS) is 17.2. The van der Waals surface area contributed by atoms with Crippen molar-refractivity contribution < 1.29 is 23.5 Å². The van der Waals surface area contributed by atoms with Gasteiger partial charge in [-0.2, -0.15) is 0 Å². The predicted octanol–water partition coefficient (Wildman–Crippen LogP) is 3.61. The molecule has 1 atom stereocenters. The summed E-state index contributed by atoms with van der Waals surface area (Å²) in [5, 5.41) is 9.13. The SMILES string of the molecule is O=C(O)c1cccc(C2CCCN(C(=O)Cc3cc(F)ccc3F)C2)c1. The third kappa shape index (κ3) is 4.07. The Balaban J connectivity index is 1.72. The number of nitrogens with zero attached hydrogens (tertiary/aromatic N) is 1. The van der Waals surface area contributed by atoms with Gasteiger partial charge in [0.2, 0.25) is 5.91 Å². The number of hydrogen-bond donors (Lipinski definition) is 1. The van der Waals surface area contributed by atoms with Crippen LogP contribution in [0.15, 0.2) is 42.5 Å². The molecule has 2 aromatic carbocycles. The largest absolute Gasteiger partial charge is 0.478 e. The van der Waals surface area contributed by atoms with E-state index in [2.05, 4.69) is 0 Å². The van der Waals surface area contributed by atoms with E-state index in [1.54, 1.807) is 17.0 Å². The van der Waals surface area contributed by atoms with Crippen molar-refractivity contribution in [3.8, 4) is 0 Å². The van der Waals surface area contributed by atoms with Crippen LogP contribution in [0.5, 0.6) is 0 Å². The van der Waals surface area contributed by atoms with Gasteiger partial charge in [0.05, 0.1) is 12.0 Å². The van der Waals surface area contributed by atoms with Crippen molar-refractivity contribution in [2.24, 2.45) is 0 Å². The maximum absolute atomic E-state index is 13.8. The van der Waals surface area contributed by atoms with Gasteiger partial charge >= 0.3 is 5.97 Å². The maximum Gasteiger partial charge on any atom is 0.335 e. The van der Waals surface area contributed by atoms with E-state index >= 15 is 0 Å². The number of piperidine rings is 1. The first-order chi connectivity index (χ1) is 12.4. The number of amides is 1. The molecule has 1 amide bonds. The third-order valence-electron chi connectivity index (χ3n) is 4.73. The van der Waals surface area contributed by atoms with Crippen molar-refractivity contribution in [1.82, 2.24) is 4.90 Å². The minimum Gasteiger partial charge on any atom is -0.478 e. The van der Waals surface area contributed by atoms with Crippen LogP contribution in [0.3, 0.4) is 0 Å².